The fraction of sp³-hybridized carbons (Fsp3) is 0. The predicted molar refractivity (Wildman–Crippen MR) is 88.9 cm³/mol. The summed E-state index contributed by atoms with van der Waals surface area (Å²) in [5.74, 6) is -1.98. The minimum atomic E-state index is -1.13. The number of hydrogen-bond donors (Lipinski definition) is 2. The Morgan fingerprint density at radius 3 is 2.50 bits per heavy atom. The molecule has 5 nitrogen and oxygen atoms in total. The number of carboxylic acids is 1. The highest BCUT2D eigenvalue weighted by molar-refractivity contribution is 7.13. The van der Waals surface area contributed by atoms with Gasteiger partial charge in [-0.15, -0.1) is 11.3 Å². The SMILES string of the molecule is O=C(Nc1ccccc1C(=O)O)c1csc(-c2ccc(F)cc2)n1. The van der Waals surface area contributed by atoms with Crippen LogP contribution in [-0.2, 0) is 0 Å². The standard InChI is InChI=1S/C17H11FN2O3S/c18-11-7-5-10(6-8-11)16-20-14(9-24-16)15(21)19-13-4-2-1-3-12(13)17(22)23/h1-9H,(H,19,21)(H,22,23). The fourth-order valence-electron chi connectivity index (χ4n) is 2.07. The molecule has 0 unspecified atom stereocenters. The molecule has 7 heteroatoms. The van der Waals surface area contributed by atoms with Crippen LogP contribution in [0.1, 0.15) is 20.8 Å². The van der Waals surface area contributed by atoms with Crippen LogP contribution in [0, 0.1) is 5.82 Å². The van der Waals surface area contributed by atoms with E-state index in [9.17, 15) is 14.0 Å². The van der Waals surface area contributed by atoms with Gasteiger partial charge in [0.25, 0.3) is 5.91 Å². The Labute approximate surface area is 140 Å². The van der Waals surface area contributed by atoms with Crippen LogP contribution >= 0.6 is 11.3 Å². The molecule has 0 atom stereocenters. The first-order chi connectivity index (χ1) is 11.5. The smallest absolute Gasteiger partial charge is 0.337 e. The average molecular weight is 342 g/mol. The Morgan fingerprint density at radius 2 is 1.79 bits per heavy atom. The first-order valence-electron chi connectivity index (χ1n) is 6.90. The number of benzene rings is 2. The molecule has 0 aliphatic heterocycles. The van der Waals surface area contributed by atoms with Gasteiger partial charge < -0.3 is 10.4 Å². The zero-order chi connectivity index (χ0) is 17.1. The van der Waals surface area contributed by atoms with E-state index >= 15 is 0 Å². The molecule has 0 saturated heterocycles. The molecule has 3 rings (SSSR count). The molecule has 0 aliphatic carbocycles. The van der Waals surface area contributed by atoms with Crippen molar-refractivity contribution < 1.29 is 19.1 Å². The number of halogens is 1. The van der Waals surface area contributed by atoms with Gasteiger partial charge in [0.1, 0.15) is 16.5 Å². The Kier molecular flexibility index (Phi) is 4.35. The molecular weight excluding hydrogens is 331 g/mol. The lowest BCUT2D eigenvalue weighted by molar-refractivity contribution is 0.0698. The number of nitrogens with zero attached hydrogens (tertiary/aromatic N) is 1. The van der Waals surface area contributed by atoms with Crippen molar-refractivity contribution >= 4 is 28.9 Å². The van der Waals surface area contributed by atoms with Gasteiger partial charge in [0.05, 0.1) is 11.3 Å². The van der Waals surface area contributed by atoms with E-state index < -0.39 is 11.9 Å². The molecule has 1 amide bonds. The van der Waals surface area contributed by atoms with E-state index in [0.717, 1.165) is 0 Å². The number of aromatic nitrogens is 1. The van der Waals surface area contributed by atoms with Gasteiger partial charge in [-0.05, 0) is 36.4 Å². The summed E-state index contributed by atoms with van der Waals surface area (Å²) in [6.45, 7) is 0. The number of nitrogens with one attached hydrogen (secondary N) is 1. The molecule has 0 aliphatic rings. The quantitative estimate of drug-likeness (QED) is 0.754. The van der Waals surface area contributed by atoms with Crippen molar-refractivity contribution in [1.29, 1.82) is 0 Å². The Balaban J connectivity index is 1.82. The van der Waals surface area contributed by atoms with Gasteiger partial charge in [-0.25, -0.2) is 14.2 Å². The van der Waals surface area contributed by atoms with Crippen LogP contribution in [0.25, 0.3) is 10.6 Å². The number of thiazole rings is 1. The van der Waals surface area contributed by atoms with Crippen molar-refractivity contribution in [2.45, 2.75) is 0 Å². The minimum Gasteiger partial charge on any atom is -0.478 e. The Morgan fingerprint density at radius 1 is 1.08 bits per heavy atom. The zero-order valence-corrected chi connectivity index (χ0v) is 13.0. The lowest BCUT2D eigenvalue weighted by Gasteiger charge is -2.06. The number of carbonyl (C=O) groups excluding carboxylic acids is 1. The summed E-state index contributed by atoms with van der Waals surface area (Å²) >= 11 is 1.25. The normalized spacial score (nSPS) is 10.4. The molecule has 0 spiro atoms. The summed E-state index contributed by atoms with van der Waals surface area (Å²) in [4.78, 5) is 27.6. The summed E-state index contributed by atoms with van der Waals surface area (Å²) in [5, 5.41) is 13.8. The maximum atomic E-state index is 13.0. The van der Waals surface area contributed by atoms with Crippen molar-refractivity contribution in [2.24, 2.45) is 0 Å². The minimum absolute atomic E-state index is 0.000150. The third-order valence-electron chi connectivity index (χ3n) is 3.23. The predicted octanol–water partition coefficient (Wildman–Crippen LogP) is 3.90. The number of hydrogen-bond acceptors (Lipinski definition) is 4. The van der Waals surface area contributed by atoms with Gasteiger partial charge in [-0.2, -0.15) is 0 Å². The van der Waals surface area contributed by atoms with Crippen LogP contribution in [0.3, 0.4) is 0 Å². The number of anilines is 1. The van der Waals surface area contributed by atoms with Crippen LogP contribution in [0.4, 0.5) is 10.1 Å². The first kappa shape index (κ1) is 15.8. The van der Waals surface area contributed by atoms with Gasteiger partial charge >= 0.3 is 5.97 Å². The number of para-hydroxylation sites is 1. The van der Waals surface area contributed by atoms with Crippen molar-refractivity contribution in [2.75, 3.05) is 5.32 Å². The van der Waals surface area contributed by atoms with E-state index in [1.54, 1.807) is 29.6 Å². The second-order valence-electron chi connectivity index (χ2n) is 4.85. The van der Waals surface area contributed by atoms with E-state index in [0.29, 0.717) is 10.6 Å². The van der Waals surface area contributed by atoms with Gasteiger partial charge in [0, 0.05) is 10.9 Å². The topological polar surface area (TPSA) is 79.3 Å². The van der Waals surface area contributed by atoms with E-state index in [2.05, 4.69) is 10.3 Å². The maximum Gasteiger partial charge on any atom is 0.337 e. The monoisotopic (exact) mass is 342 g/mol. The second-order valence-corrected chi connectivity index (χ2v) is 5.71. The zero-order valence-electron chi connectivity index (χ0n) is 12.2. The van der Waals surface area contributed by atoms with E-state index in [1.807, 2.05) is 0 Å². The highest BCUT2D eigenvalue weighted by Crippen LogP contribution is 2.24. The van der Waals surface area contributed by atoms with Crippen molar-refractivity contribution in [3.05, 3.63) is 71.0 Å². The second kappa shape index (κ2) is 6.59. The fourth-order valence-corrected chi connectivity index (χ4v) is 2.87. The van der Waals surface area contributed by atoms with E-state index in [-0.39, 0.29) is 22.8 Å². The van der Waals surface area contributed by atoms with Crippen LogP contribution in [0.15, 0.2) is 53.9 Å². The highest BCUT2D eigenvalue weighted by Gasteiger charge is 2.15. The Bertz CT molecular complexity index is 906. The van der Waals surface area contributed by atoms with Gasteiger partial charge in [-0.3, -0.25) is 4.79 Å². The van der Waals surface area contributed by atoms with Gasteiger partial charge in [-0.1, -0.05) is 12.1 Å². The number of aromatic carboxylic acids is 1. The molecule has 2 N–H and O–H groups in total. The summed E-state index contributed by atoms with van der Waals surface area (Å²) < 4.78 is 13.0. The number of carboxylic acid groups (broad SMARTS) is 1. The lowest BCUT2D eigenvalue weighted by Crippen LogP contribution is -2.15. The summed E-state index contributed by atoms with van der Waals surface area (Å²) in [6, 6.07) is 11.9. The summed E-state index contributed by atoms with van der Waals surface area (Å²) in [6.07, 6.45) is 0. The van der Waals surface area contributed by atoms with Crippen molar-refractivity contribution in [3.63, 3.8) is 0 Å². The molecule has 0 fully saturated rings. The molecular formula is C17H11FN2O3S. The van der Waals surface area contributed by atoms with Crippen LogP contribution < -0.4 is 5.32 Å². The van der Waals surface area contributed by atoms with Crippen LogP contribution in [-0.4, -0.2) is 22.0 Å². The summed E-state index contributed by atoms with van der Waals surface area (Å²) in [7, 11) is 0. The molecule has 2 aromatic carbocycles. The first-order valence-corrected chi connectivity index (χ1v) is 7.77. The third-order valence-corrected chi connectivity index (χ3v) is 4.13. The number of amides is 1. The van der Waals surface area contributed by atoms with Gasteiger partial charge in [0.15, 0.2) is 0 Å². The van der Waals surface area contributed by atoms with Crippen molar-refractivity contribution in [3.8, 4) is 10.6 Å². The van der Waals surface area contributed by atoms with Crippen LogP contribution in [0.5, 0.6) is 0 Å². The number of carbonyl (C=O) groups is 2. The lowest BCUT2D eigenvalue weighted by atomic mass is 10.2. The van der Waals surface area contributed by atoms with Gasteiger partial charge in [0.2, 0.25) is 0 Å². The highest BCUT2D eigenvalue weighted by atomic mass is 32.1. The molecule has 0 saturated carbocycles. The maximum absolute atomic E-state index is 13.0. The molecule has 1 aromatic heterocycles. The largest absolute Gasteiger partial charge is 0.478 e. The Hall–Kier alpha value is -3.06. The average Bonchev–Trinajstić information content (AvgIpc) is 3.06. The van der Waals surface area contributed by atoms with Crippen LogP contribution in [0.2, 0.25) is 0 Å². The molecule has 3 aromatic rings. The summed E-state index contributed by atoms with van der Waals surface area (Å²) in [5.41, 5.74) is 1.07. The molecule has 24 heavy (non-hydrogen) atoms. The molecule has 120 valence electrons. The molecule has 0 radical (unpaired) electrons. The van der Waals surface area contributed by atoms with E-state index in [1.165, 1.54) is 35.6 Å². The molecule has 1 heterocycles. The van der Waals surface area contributed by atoms with E-state index in [4.69, 9.17) is 5.11 Å². The molecule has 0 bridgehead atoms. The third kappa shape index (κ3) is 3.31. The number of rotatable bonds is 4. The van der Waals surface area contributed by atoms with Crippen molar-refractivity contribution in [1.82, 2.24) is 4.98 Å².